The van der Waals surface area contributed by atoms with Crippen LogP contribution in [0.2, 0.25) is 0 Å². The van der Waals surface area contributed by atoms with E-state index in [9.17, 15) is 9.59 Å². The number of hydrogen-bond donors (Lipinski definition) is 2. The van der Waals surface area contributed by atoms with Crippen LogP contribution in [0.25, 0.3) is 0 Å². The molecule has 1 fully saturated rings. The molecule has 0 spiro atoms. The van der Waals surface area contributed by atoms with Gasteiger partial charge < -0.3 is 16.0 Å². The topological polar surface area (TPSA) is 75.4 Å². The molecule has 3 N–H and O–H groups in total. The summed E-state index contributed by atoms with van der Waals surface area (Å²) < 4.78 is 0. The summed E-state index contributed by atoms with van der Waals surface area (Å²) in [5.74, 6) is -0.435. The average Bonchev–Trinajstić information content (AvgIpc) is 2.25. The lowest BCUT2D eigenvalue weighted by atomic mass is 9.94. The largest absolute Gasteiger partial charge is 0.368 e. The SMILES string of the molecule is CC1CCC(C(=O)N(CC(N)=O)C(C)C)CN1. The number of primary amides is 1. The molecule has 1 saturated heterocycles. The normalized spacial score (nSPS) is 24.7. The molecule has 98 valence electrons. The summed E-state index contributed by atoms with van der Waals surface area (Å²) in [7, 11) is 0. The Kier molecular flexibility index (Phi) is 4.93. The van der Waals surface area contributed by atoms with Gasteiger partial charge >= 0.3 is 0 Å². The van der Waals surface area contributed by atoms with Gasteiger partial charge in [0, 0.05) is 18.6 Å². The predicted molar refractivity (Wildman–Crippen MR) is 66.2 cm³/mol. The Hall–Kier alpha value is -1.10. The second-order valence-electron chi connectivity index (χ2n) is 5.11. The third-order valence-corrected chi connectivity index (χ3v) is 3.24. The first-order valence-corrected chi connectivity index (χ1v) is 6.24. The van der Waals surface area contributed by atoms with Crippen molar-refractivity contribution in [3.05, 3.63) is 0 Å². The van der Waals surface area contributed by atoms with E-state index in [0.717, 1.165) is 12.8 Å². The Balaban J connectivity index is 2.61. The summed E-state index contributed by atoms with van der Waals surface area (Å²) >= 11 is 0. The van der Waals surface area contributed by atoms with Crippen molar-refractivity contribution < 1.29 is 9.59 Å². The van der Waals surface area contributed by atoms with Crippen LogP contribution < -0.4 is 11.1 Å². The van der Waals surface area contributed by atoms with Crippen molar-refractivity contribution >= 4 is 11.8 Å². The van der Waals surface area contributed by atoms with Gasteiger partial charge in [0.05, 0.1) is 12.5 Å². The van der Waals surface area contributed by atoms with Gasteiger partial charge in [-0.1, -0.05) is 0 Å². The zero-order chi connectivity index (χ0) is 13.0. The predicted octanol–water partition coefficient (Wildman–Crippen LogP) is 0.0968. The molecule has 2 amide bonds. The van der Waals surface area contributed by atoms with Crippen molar-refractivity contribution in [3.63, 3.8) is 0 Å². The second kappa shape index (κ2) is 6.00. The number of hydrogen-bond acceptors (Lipinski definition) is 3. The maximum atomic E-state index is 12.3. The van der Waals surface area contributed by atoms with Gasteiger partial charge in [0.15, 0.2) is 0 Å². The van der Waals surface area contributed by atoms with E-state index in [2.05, 4.69) is 12.2 Å². The summed E-state index contributed by atoms with van der Waals surface area (Å²) in [6.45, 7) is 6.63. The highest BCUT2D eigenvalue weighted by atomic mass is 16.2. The molecule has 1 heterocycles. The molecule has 5 nitrogen and oxygen atoms in total. The third kappa shape index (κ3) is 4.00. The summed E-state index contributed by atoms with van der Waals surface area (Å²) in [6.07, 6.45) is 1.88. The molecule has 0 aromatic carbocycles. The molecule has 0 aromatic rings. The minimum Gasteiger partial charge on any atom is -0.368 e. The second-order valence-corrected chi connectivity index (χ2v) is 5.11. The van der Waals surface area contributed by atoms with Gasteiger partial charge in [-0.3, -0.25) is 9.59 Å². The maximum Gasteiger partial charge on any atom is 0.237 e. The number of rotatable bonds is 4. The first kappa shape index (κ1) is 14.0. The van der Waals surface area contributed by atoms with Crippen molar-refractivity contribution in [2.75, 3.05) is 13.1 Å². The smallest absolute Gasteiger partial charge is 0.237 e. The third-order valence-electron chi connectivity index (χ3n) is 3.24. The van der Waals surface area contributed by atoms with Crippen molar-refractivity contribution in [1.29, 1.82) is 0 Å². The first-order valence-electron chi connectivity index (χ1n) is 6.24. The molecule has 0 aromatic heterocycles. The molecule has 0 saturated carbocycles. The van der Waals surface area contributed by atoms with Crippen molar-refractivity contribution in [1.82, 2.24) is 10.2 Å². The van der Waals surface area contributed by atoms with E-state index in [1.165, 1.54) is 0 Å². The monoisotopic (exact) mass is 241 g/mol. The fourth-order valence-electron chi connectivity index (χ4n) is 2.13. The van der Waals surface area contributed by atoms with E-state index < -0.39 is 5.91 Å². The van der Waals surface area contributed by atoms with Gasteiger partial charge in [-0.2, -0.15) is 0 Å². The van der Waals surface area contributed by atoms with Gasteiger partial charge in [-0.05, 0) is 33.6 Å². The average molecular weight is 241 g/mol. The van der Waals surface area contributed by atoms with E-state index in [4.69, 9.17) is 5.73 Å². The van der Waals surface area contributed by atoms with Gasteiger partial charge in [0.25, 0.3) is 0 Å². The fourth-order valence-corrected chi connectivity index (χ4v) is 2.13. The van der Waals surface area contributed by atoms with Gasteiger partial charge in [0.1, 0.15) is 0 Å². The van der Waals surface area contributed by atoms with Crippen molar-refractivity contribution in [3.8, 4) is 0 Å². The van der Waals surface area contributed by atoms with Crippen LogP contribution in [0.4, 0.5) is 0 Å². The van der Waals surface area contributed by atoms with Gasteiger partial charge in [0.2, 0.25) is 11.8 Å². The summed E-state index contributed by atoms with van der Waals surface area (Å²) in [5.41, 5.74) is 5.17. The Labute approximate surface area is 103 Å². The zero-order valence-electron chi connectivity index (χ0n) is 10.9. The molecule has 1 aliphatic rings. The van der Waals surface area contributed by atoms with Crippen LogP contribution in [0, 0.1) is 5.92 Å². The summed E-state index contributed by atoms with van der Waals surface area (Å²) in [5, 5.41) is 3.30. The van der Waals surface area contributed by atoms with Gasteiger partial charge in [-0.25, -0.2) is 0 Å². The first-order chi connectivity index (χ1) is 7.91. The molecule has 0 bridgehead atoms. The van der Waals surface area contributed by atoms with Gasteiger partial charge in [-0.15, -0.1) is 0 Å². The van der Waals surface area contributed by atoms with Crippen LogP contribution in [0.3, 0.4) is 0 Å². The summed E-state index contributed by atoms with van der Waals surface area (Å²) in [6, 6.07) is 0.483. The van der Waals surface area contributed by atoms with Crippen LogP contribution in [-0.2, 0) is 9.59 Å². The number of amides is 2. The molecule has 2 unspecified atom stereocenters. The van der Waals surface area contributed by atoms with E-state index in [1.54, 1.807) is 4.90 Å². The molecule has 1 aliphatic heterocycles. The minimum atomic E-state index is -0.454. The maximum absolute atomic E-state index is 12.3. The molecular weight excluding hydrogens is 218 g/mol. The number of carbonyl (C=O) groups excluding carboxylic acids is 2. The van der Waals surface area contributed by atoms with Crippen LogP contribution in [0.1, 0.15) is 33.6 Å². The molecular formula is C12H23N3O2. The highest BCUT2D eigenvalue weighted by Gasteiger charge is 2.29. The van der Waals surface area contributed by atoms with E-state index in [1.807, 2.05) is 13.8 Å². The molecule has 2 atom stereocenters. The number of nitrogens with zero attached hydrogens (tertiary/aromatic N) is 1. The number of piperidine rings is 1. The van der Waals surface area contributed by atoms with Crippen LogP contribution in [-0.4, -0.2) is 41.9 Å². The molecule has 0 radical (unpaired) electrons. The fraction of sp³-hybridized carbons (Fsp3) is 0.833. The lowest BCUT2D eigenvalue weighted by molar-refractivity contribution is -0.141. The Morgan fingerprint density at radius 2 is 2.06 bits per heavy atom. The zero-order valence-corrected chi connectivity index (χ0v) is 10.9. The molecule has 0 aliphatic carbocycles. The van der Waals surface area contributed by atoms with Crippen LogP contribution >= 0.6 is 0 Å². The highest BCUT2D eigenvalue weighted by molar-refractivity contribution is 5.85. The Bertz CT molecular complexity index is 283. The van der Waals surface area contributed by atoms with Crippen molar-refractivity contribution in [2.45, 2.75) is 45.7 Å². The number of nitrogens with two attached hydrogens (primary N) is 1. The lowest BCUT2D eigenvalue weighted by Gasteiger charge is -2.33. The lowest BCUT2D eigenvalue weighted by Crippen LogP contribution is -2.50. The molecule has 5 heteroatoms. The summed E-state index contributed by atoms with van der Waals surface area (Å²) in [4.78, 5) is 24.8. The minimum absolute atomic E-state index is 0.00866. The number of carbonyl (C=O) groups is 2. The Morgan fingerprint density at radius 1 is 1.41 bits per heavy atom. The van der Waals surface area contributed by atoms with Crippen LogP contribution in [0.5, 0.6) is 0 Å². The highest BCUT2D eigenvalue weighted by Crippen LogP contribution is 2.17. The van der Waals surface area contributed by atoms with E-state index in [0.29, 0.717) is 12.6 Å². The van der Waals surface area contributed by atoms with Crippen LogP contribution in [0.15, 0.2) is 0 Å². The molecule has 17 heavy (non-hydrogen) atoms. The van der Waals surface area contributed by atoms with E-state index >= 15 is 0 Å². The number of nitrogens with one attached hydrogen (secondary N) is 1. The van der Waals surface area contributed by atoms with E-state index in [-0.39, 0.29) is 24.4 Å². The quantitative estimate of drug-likeness (QED) is 0.733. The van der Waals surface area contributed by atoms with Crippen molar-refractivity contribution in [2.24, 2.45) is 11.7 Å². The Morgan fingerprint density at radius 3 is 2.47 bits per heavy atom. The molecule has 1 rings (SSSR count). The standard InChI is InChI=1S/C12H23N3O2/c1-8(2)15(7-11(13)16)12(17)10-5-4-9(3)14-6-10/h8-10,14H,4-7H2,1-3H3,(H2,13,16).